The highest BCUT2D eigenvalue weighted by molar-refractivity contribution is 9.10. The first-order valence-corrected chi connectivity index (χ1v) is 6.68. The van der Waals surface area contributed by atoms with E-state index in [2.05, 4.69) is 27.8 Å². The zero-order valence-corrected chi connectivity index (χ0v) is 11.2. The molecule has 0 radical (unpaired) electrons. The van der Waals surface area contributed by atoms with Gasteiger partial charge in [0.05, 0.1) is 5.60 Å². The Bertz CT molecular complexity index is 369. The summed E-state index contributed by atoms with van der Waals surface area (Å²) in [6.07, 6.45) is 8.57. The topological polar surface area (TPSA) is 33.1 Å². The van der Waals surface area contributed by atoms with Crippen LogP contribution in [0.2, 0.25) is 0 Å². The molecule has 0 spiro atoms. The molecule has 1 heterocycles. The highest BCUT2D eigenvalue weighted by Gasteiger charge is 2.32. The Labute approximate surface area is 105 Å². The number of pyridine rings is 1. The van der Waals surface area contributed by atoms with Crippen LogP contribution >= 0.6 is 15.9 Å². The van der Waals surface area contributed by atoms with Gasteiger partial charge in [0.1, 0.15) is 0 Å². The minimum atomic E-state index is -0.514. The Morgan fingerprint density at radius 2 is 2.38 bits per heavy atom. The Morgan fingerprint density at radius 1 is 1.56 bits per heavy atom. The van der Waals surface area contributed by atoms with Crippen LogP contribution < -0.4 is 0 Å². The van der Waals surface area contributed by atoms with E-state index in [1.165, 1.54) is 6.42 Å². The van der Waals surface area contributed by atoms with Gasteiger partial charge in [-0.05, 0) is 46.3 Å². The summed E-state index contributed by atoms with van der Waals surface area (Å²) in [6.45, 7) is 2.23. The zero-order valence-electron chi connectivity index (χ0n) is 9.62. The smallest absolute Gasteiger partial charge is 0.0691 e. The summed E-state index contributed by atoms with van der Waals surface area (Å²) in [5.41, 5.74) is 0.603. The summed E-state index contributed by atoms with van der Waals surface area (Å²) in [7, 11) is 0. The predicted octanol–water partition coefficient (Wildman–Crippen LogP) is 3.33. The van der Waals surface area contributed by atoms with Gasteiger partial charge in [-0.15, -0.1) is 0 Å². The molecule has 16 heavy (non-hydrogen) atoms. The van der Waals surface area contributed by atoms with Gasteiger partial charge in [-0.3, -0.25) is 4.98 Å². The summed E-state index contributed by atoms with van der Waals surface area (Å²) < 4.78 is 0.984. The van der Waals surface area contributed by atoms with Gasteiger partial charge in [-0.25, -0.2) is 0 Å². The van der Waals surface area contributed by atoms with Crippen LogP contribution in [-0.2, 0) is 6.42 Å². The van der Waals surface area contributed by atoms with E-state index in [1.54, 1.807) is 6.20 Å². The van der Waals surface area contributed by atoms with Crippen molar-refractivity contribution >= 4 is 15.9 Å². The molecule has 0 bridgehead atoms. The standard InChI is InChI=1S/C13H18BrNO/c1-10-3-2-4-13(16,6-10)7-11-5-12(14)9-15-8-11/h5,8-10,16H,2-4,6-7H2,1H3. The fraction of sp³-hybridized carbons (Fsp3) is 0.615. The van der Waals surface area contributed by atoms with E-state index in [4.69, 9.17) is 0 Å². The summed E-state index contributed by atoms with van der Waals surface area (Å²) in [4.78, 5) is 4.14. The second kappa shape index (κ2) is 4.84. The number of nitrogens with zero attached hydrogens (tertiary/aromatic N) is 1. The van der Waals surface area contributed by atoms with E-state index in [0.717, 1.165) is 35.7 Å². The average Bonchev–Trinajstić information content (AvgIpc) is 2.16. The van der Waals surface area contributed by atoms with Gasteiger partial charge >= 0.3 is 0 Å². The summed E-state index contributed by atoms with van der Waals surface area (Å²) >= 11 is 3.41. The van der Waals surface area contributed by atoms with Gasteiger partial charge in [0, 0.05) is 23.3 Å². The van der Waals surface area contributed by atoms with E-state index < -0.39 is 5.60 Å². The highest BCUT2D eigenvalue weighted by atomic mass is 79.9. The summed E-state index contributed by atoms with van der Waals surface area (Å²) in [5, 5.41) is 10.5. The van der Waals surface area contributed by atoms with Gasteiger partial charge in [0.2, 0.25) is 0 Å². The van der Waals surface area contributed by atoms with Gasteiger partial charge < -0.3 is 5.11 Å². The van der Waals surface area contributed by atoms with Crippen molar-refractivity contribution in [2.24, 2.45) is 5.92 Å². The van der Waals surface area contributed by atoms with Gasteiger partial charge in [-0.2, -0.15) is 0 Å². The molecule has 3 heteroatoms. The van der Waals surface area contributed by atoms with Crippen molar-refractivity contribution in [3.63, 3.8) is 0 Å². The Balaban J connectivity index is 2.08. The van der Waals surface area contributed by atoms with Crippen LogP contribution in [0, 0.1) is 5.92 Å². The molecule has 0 amide bonds. The molecule has 1 aliphatic carbocycles. The largest absolute Gasteiger partial charge is 0.390 e. The van der Waals surface area contributed by atoms with Gasteiger partial charge in [0.15, 0.2) is 0 Å². The van der Waals surface area contributed by atoms with Gasteiger partial charge in [0.25, 0.3) is 0 Å². The SMILES string of the molecule is CC1CCCC(O)(Cc2cncc(Br)c2)C1. The Hall–Kier alpha value is -0.410. The van der Waals surface area contributed by atoms with Crippen molar-refractivity contribution in [3.05, 3.63) is 28.5 Å². The van der Waals surface area contributed by atoms with Gasteiger partial charge in [-0.1, -0.05) is 19.8 Å². The average molecular weight is 284 g/mol. The van der Waals surface area contributed by atoms with Crippen LogP contribution in [0.4, 0.5) is 0 Å². The van der Waals surface area contributed by atoms with Crippen molar-refractivity contribution in [3.8, 4) is 0 Å². The van der Waals surface area contributed by atoms with Crippen LogP contribution in [0.3, 0.4) is 0 Å². The molecule has 2 nitrogen and oxygen atoms in total. The molecule has 2 unspecified atom stereocenters. The number of aliphatic hydroxyl groups is 1. The Morgan fingerprint density at radius 3 is 3.06 bits per heavy atom. The van der Waals surface area contributed by atoms with Crippen LogP contribution in [0.1, 0.15) is 38.2 Å². The van der Waals surface area contributed by atoms with Crippen molar-refractivity contribution < 1.29 is 5.11 Å². The molecule has 0 aromatic carbocycles. The molecule has 1 N–H and O–H groups in total. The molecule has 88 valence electrons. The number of aromatic nitrogens is 1. The van der Waals surface area contributed by atoms with Crippen molar-refractivity contribution in [1.29, 1.82) is 0 Å². The third-order valence-electron chi connectivity index (χ3n) is 3.36. The third-order valence-corrected chi connectivity index (χ3v) is 3.80. The molecule has 1 aliphatic rings. The number of halogens is 1. The minimum absolute atomic E-state index is 0.514. The number of rotatable bonds is 2. The molecule has 1 fully saturated rings. The maximum atomic E-state index is 10.5. The first-order valence-electron chi connectivity index (χ1n) is 5.89. The predicted molar refractivity (Wildman–Crippen MR) is 68.2 cm³/mol. The fourth-order valence-electron chi connectivity index (χ4n) is 2.73. The second-order valence-electron chi connectivity index (χ2n) is 5.11. The van der Waals surface area contributed by atoms with E-state index >= 15 is 0 Å². The van der Waals surface area contributed by atoms with Crippen LogP contribution in [0.15, 0.2) is 22.9 Å². The third kappa shape index (κ3) is 3.05. The summed E-state index contributed by atoms with van der Waals surface area (Å²) in [6, 6.07) is 2.05. The molecule has 2 rings (SSSR count). The molecule has 0 saturated heterocycles. The molecule has 1 aromatic heterocycles. The van der Waals surface area contributed by atoms with Crippen LogP contribution in [-0.4, -0.2) is 15.7 Å². The maximum absolute atomic E-state index is 10.5. The van der Waals surface area contributed by atoms with Crippen LogP contribution in [0.25, 0.3) is 0 Å². The lowest BCUT2D eigenvalue weighted by Crippen LogP contribution is -2.36. The van der Waals surface area contributed by atoms with E-state index in [9.17, 15) is 5.11 Å². The summed E-state index contributed by atoms with van der Waals surface area (Å²) in [5.74, 6) is 0.638. The maximum Gasteiger partial charge on any atom is 0.0691 e. The molecule has 1 aromatic rings. The quantitative estimate of drug-likeness (QED) is 0.903. The van der Waals surface area contributed by atoms with Crippen molar-refractivity contribution in [2.45, 2.75) is 44.6 Å². The minimum Gasteiger partial charge on any atom is -0.390 e. The molecular weight excluding hydrogens is 266 g/mol. The fourth-order valence-corrected chi connectivity index (χ4v) is 3.14. The lowest BCUT2D eigenvalue weighted by Gasteiger charge is -2.35. The van der Waals surface area contributed by atoms with Crippen molar-refractivity contribution in [2.75, 3.05) is 0 Å². The zero-order chi connectivity index (χ0) is 11.6. The first-order chi connectivity index (χ1) is 7.57. The molecule has 0 aliphatic heterocycles. The number of hydrogen-bond donors (Lipinski definition) is 1. The first kappa shape index (κ1) is 12.1. The molecular formula is C13H18BrNO. The van der Waals surface area contributed by atoms with E-state index in [1.807, 2.05) is 12.3 Å². The van der Waals surface area contributed by atoms with E-state index in [0.29, 0.717) is 5.92 Å². The second-order valence-corrected chi connectivity index (χ2v) is 6.03. The lowest BCUT2D eigenvalue weighted by molar-refractivity contribution is -0.0124. The lowest BCUT2D eigenvalue weighted by atomic mass is 9.76. The monoisotopic (exact) mass is 283 g/mol. The van der Waals surface area contributed by atoms with Crippen molar-refractivity contribution in [1.82, 2.24) is 4.98 Å². The highest BCUT2D eigenvalue weighted by Crippen LogP contribution is 2.34. The molecule has 1 saturated carbocycles. The van der Waals surface area contributed by atoms with E-state index in [-0.39, 0.29) is 0 Å². The molecule has 2 atom stereocenters. The Kier molecular flexibility index (Phi) is 3.65. The van der Waals surface area contributed by atoms with Crippen LogP contribution in [0.5, 0.6) is 0 Å². The number of hydrogen-bond acceptors (Lipinski definition) is 2. The normalized spacial score (nSPS) is 30.3.